The van der Waals surface area contributed by atoms with E-state index in [2.05, 4.69) is 0 Å². The van der Waals surface area contributed by atoms with Crippen molar-refractivity contribution >= 4 is 0 Å². The molecular formula is C10H11FN2. The summed E-state index contributed by atoms with van der Waals surface area (Å²) in [6.07, 6.45) is 0. The van der Waals surface area contributed by atoms with E-state index in [9.17, 15) is 4.39 Å². The monoisotopic (exact) mass is 178 g/mol. The van der Waals surface area contributed by atoms with Crippen LogP contribution in [0.2, 0.25) is 0 Å². The summed E-state index contributed by atoms with van der Waals surface area (Å²) in [7, 11) is 1.79. The van der Waals surface area contributed by atoms with Crippen LogP contribution in [-0.4, -0.2) is 18.5 Å². The van der Waals surface area contributed by atoms with Gasteiger partial charge in [-0.05, 0) is 13.1 Å². The van der Waals surface area contributed by atoms with Crippen LogP contribution in [0.4, 0.5) is 4.39 Å². The minimum atomic E-state index is -0.215. The number of nitriles is 1. The van der Waals surface area contributed by atoms with Crippen LogP contribution >= 0.6 is 0 Å². The molecule has 0 aromatic heterocycles. The predicted molar refractivity (Wildman–Crippen MR) is 48.3 cm³/mol. The molecule has 0 radical (unpaired) electrons. The van der Waals surface area contributed by atoms with Gasteiger partial charge in [0.05, 0.1) is 12.6 Å². The molecule has 0 saturated carbocycles. The number of benzene rings is 1. The van der Waals surface area contributed by atoms with Crippen LogP contribution in [0.1, 0.15) is 5.56 Å². The number of nitrogens with zero attached hydrogens (tertiary/aromatic N) is 2. The highest BCUT2D eigenvalue weighted by molar-refractivity contribution is 5.17. The first-order valence-electron chi connectivity index (χ1n) is 4.03. The maximum atomic E-state index is 13.1. The van der Waals surface area contributed by atoms with Gasteiger partial charge < -0.3 is 0 Å². The van der Waals surface area contributed by atoms with E-state index in [1.807, 2.05) is 6.07 Å². The van der Waals surface area contributed by atoms with Crippen molar-refractivity contribution in [3.63, 3.8) is 0 Å². The summed E-state index contributed by atoms with van der Waals surface area (Å²) < 4.78 is 13.1. The zero-order valence-corrected chi connectivity index (χ0v) is 7.50. The van der Waals surface area contributed by atoms with Crippen LogP contribution in [0.3, 0.4) is 0 Å². The first-order chi connectivity index (χ1) is 6.24. The maximum Gasteiger partial charge on any atom is 0.127 e. The molecule has 0 saturated heterocycles. The Labute approximate surface area is 77.2 Å². The molecule has 13 heavy (non-hydrogen) atoms. The van der Waals surface area contributed by atoms with Crippen molar-refractivity contribution in [1.82, 2.24) is 4.90 Å². The third-order valence-corrected chi connectivity index (χ3v) is 1.74. The lowest BCUT2D eigenvalue weighted by molar-refractivity contribution is 0.360. The van der Waals surface area contributed by atoms with Gasteiger partial charge >= 0.3 is 0 Å². The predicted octanol–water partition coefficient (Wildman–Crippen LogP) is 1.78. The van der Waals surface area contributed by atoms with Crippen molar-refractivity contribution in [2.24, 2.45) is 0 Å². The molecule has 0 unspecified atom stereocenters. The molecule has 0 amide bonds. The first kappa shape index (κ1) is 9.69. The summed E-state index contributed by atoms with van der Waals surface area (Å²) in [5, 5.41) is 8.40. The molecule has 1 aromatic rings. The van der Waals surface area contributed by atoms with Gasteiger partial charge in [-0.25, -0.2) is 4.39 Å². The Kier molecular flexibility index (Phi) is 3.41. The van der Waals surface area contributed by atoms with Gasteiger partial charge in [0.15, 0.2) is 0 Å². The molecule has 0 spiro atoms. The molecule has 68 valence electrons. The van der Waals surface area contributed by atoms with Crippen molar-refractivity contribution in [2.45, 2.75) is 6.54 Å². The van der Waals surface area contributed by atoms with Crippen LogP contribution < -0.4 is 0 Å². The summed E-state index contributed by atoms with van der Waals surface area (Å²) in [5.41, 5.74) is 0.625. The Morgan fingerprint density at radius 2 is 2.15 bits per heavy atom. The lowest BCUT2D eigenvalue weighted by Crippen LogP contribution is -2.18. The van der Waals surface area contributed by atoms with E-state index in [1.165, 1.54) is 6.07 Å². The fraction of sp³-hybridized carbons (Fsp3) is 0.300. The molecule has 1 rings (SSSR count). The highest BCUT2D eigenvalue weighted by atomic mass is 19.1. The van der Waals surface area contributed by atoms with Gasteiger partial charge in [-0.3, -0.25) is 4.90 Å². The summed E-state index contributed by atoms with van der Waals surface area (Å²) >= 11 is 0. The molecule has 0 aliphatic heterocycles. The lowest BCUT2D eigenvalue weighted by Gasteiger charge is -2.12. The van der Waals surface area contributed by atoms with E-state index in [0.717, 1.165) is 0 Å². The second-order valence-corrected chi connectivity index (χ2v) is 2.92. The highest BCUT2D eigenvalue weighted by Crippen LogP contribution is 2.08. The SMILES string of the molecule is CN(CC#N)Cc1ccccc1F. The van der Waals surface area contributed by atoms with Gasteiger partial charge in [0.1, 0.15) is 5.82 Å². The van der Waals surface area contributed by atoms with E-state index in [4.69, 9.17) is 5.26 Å². The summed E-state index contributed by atoms with van der Waals surface area (Å²) in [5.74, 6) is -0.215. The van der Waals surface area contributed by atoms with Crippen molar-refractivity contribution in [1.29, 1.82) is 5.26 Å². The minimum absolute atomic E-state index is 0.215. The molecule has 0 aliphatic carbocycles. The largest absolute Gasteiger partial charge is 0.289 e. The van der Waals surface area contributed by atoms with Crippen LogP contribution in [0.25, 0.3) is 0 Å². The molecule has 0 atom stereocenters. The number of rotatable bonds is 3. The quantitative estimate of drug-likeness (QED) is 0.660. The number of hydrogen-bond acceptors (Lipinski definition) is 2. The van der Waals surface area contributed by atoms with Crippen LogP contribution in [0, 0.1) is 17.1 Å². The first-order valence-corrected chi connectivity index (χ1v) is 4.03. The van der Waals surface area contributed by atoms with Crippen LogP contribution in [0.5, 0.6) is 0 Å². The van der Waals surface area contributed by atoms with Crippen molar-refractivity contribution < 1.29 is 4.39 Å². The van der Waals surface area contributed by atoms with Crippen LogP contribution in [0.15, 0.2) is 24.3 Å². The fourth-order valence-corrected chi connectivity index (χ4v) is 1.09. The molecule has 1 aromatic carbocycles. The summed E-state index contributed by atoms with van der Waals surface area (Å²) in [6, 6.07) is 8.61. The molecule has 2 nitrogen and oxygen atoms in total. The van der Waals surface area contributed by atoms with Crippen molar-refractivity contribution in [3.05, 3.63) is 35.6 Å². The Morgan fingerprint density at radius 1 is 1.46 bits per heavy atom. The molecule has 0 fully saturated rings. The zero-order chi connectivity index (χ0) is 9.68. The van der Waals surface area contributed by atoms with Gasteiger partial charge in [0, 0.05) is 12.1 Å². The van der Waals surface area contributed by atoms with Gasteiger partial charge in [-0.2, -0.15) is 5.26 Å². The number of halogens is 1. The average molecular weight is 178 g/mol. The molecule has 0 aliphatic rings. The van der Waals surface area contributed by atoms with Gasteiger partial charge in [0.2, 0.25) is 0 Å². The van der Waals surface area contributed by atoms with Crippen molar-refractivity contribution in [3.8, 4) is 6.07 Å². The lowest BCUT2D eigenvalue weighted by atomic mass is 10.2. The van der Waals surface area contributed by atoms with Gasteiger partial charge in [-0.15, -0.1) is 0 Å². The van der Waals surface area contributed by atoms with Crippen molar-refractivity contribution in [2.75, 3.05) is 13.6 Å². The number of hydrogen-bond donors (Lipinski definition) is 0. The molecule has 3 heteroatoms. The third kappa shape index (κ3) is 2.85. The second kappa shape index (κ2) is 4.58. The summed E-state index contributed by atoms with van der Waals surface area (Å²) in [6.45, 7) is 0.786. The van der Waals surface area contributed by atoms with E-state index in [1.54, 1.807) is 30.1 Å². The van der Waals surface area contributed by atoms with Crippen LogP contribution in [-0.2, 0) is 6.54 Å². The summed E-state index contributed by atoms with van der Waals surface area (Å²) in [4.78, 5) is 1.76. The third-order valence-electron chi connectivity index (χ3n) is 1.74. The maximum absolute atomic E-state index is 13.1. The average Bonchev–Trinajstić information content (AvgIpc) is 2.09. The highest BCUT2D eigenvalue weighted by Gasteiger charge is 2.03. The van der Waals surface area contributed by atoms with Gasteiger partial charge in [-0.1, -0.05) is 18.2 Å². The standard InChI is InChI=1S/C10H11FN2/c1-13(7-6-12)8-9-4-2-3-5-10(9)11/h2-5H,7-8H2,1H3. The normalized spacial score (nSPS) is 10.0. The molecule has 0 bridgehead atoms. The Bertz CT molecular complexity index is 317. The van der Waals surface area contributed by atoms with E-state index < -0.39 is 0 Å². The Morgan fingerprint density at radius 3 is 2.77 bits per heavy atom. The minimum Gasteiger partial charge on any atom is -0.289 e. The van der Waals surface area contributed by atoms with Gasteiger partial charge in [0.25, 0.3) is 0 Å². The topological polar surface area (TPSA) is 27.0 Å². The second-order valence-electron chi connectivity index (χ2n) is 2.92. The molecule has 0 N–H and O–H groups in total. The Balaban J connectivity index is 2.64. The zero-order valence-electron chi connectivity index (χ0n) is 7.50. The molecule has 0 heterocycles. The van der Waals surface area contributed by atoms with E-state index in [0.29, 0.717) is 18.7 Å². The molecular weight excluding hydrogens is 167 g/mol. The van der Waals surface area contributed by atoms with E-state index >= 15 is 0 Å². The fourth-order valence-electron chi connectivity index (χ4n) is 1.09. The smallest absolute Gasteiger partial charge is 0.127 e. The Hall–Kier alpha value is -1.40. The van der Waals surface area contributed by atoms with E-state index in [-0.39, 0.29) is 5.82 Å².